The van der Waals surface area contributed by atoms with Gasteiger partial charge in [-0.2, -0.15) is 0 Å². The number of anilines is 1. The van der Waals surface area contributed by atoms with Gasteiger partial charge in [-0.25, -0.2) is 9.37 Å². The van der Waals surface area contributed by atoms with Crippen molar-refractivity contribution in [3.8, 4) is 22.9 Å². The van der Waals surface area contributed by atoms with E-state index < -0.39 is 5.82 Å². The minimum Gasteiger partial charge on any atom is -0.482 e. The number of nitrogens with zero attached hydrogens (tertiary/aromatic N) is 4. The Balaban J connectivity index is 1.30. The Morgan fingerprint density at radius 3 is 2.73 bits per heavy atom. The van der Waals surface area contributed by atoms with Crippen LogP contribution in [0.25, 0.3) is 28.2 Å². The van der Waals surface area contributed by atoms with Gasteiger partial charge in [0, 0.05) is 5.69 Å². The minimum absolute atomic E-state index is 0.177. The summed E-state index contributed by atoms with van der Waals surface area (Å²) in [5, 5.41) is 10.4. The van der Waals surface area contributed by atoms with Gasteiger partial charge in [-0.15, -0.1) is 10.2 Å². The molecule has 164 valence electrons. The van der Waals surface area contributed by atoms with Crippen molar-refractivity contribution >= 4 is 22.7 Å². The topological polar surface area (TPSA) is 95.1 Å². The lowest BCUT2D eigenvalue weighted by Crippen LogP contribution is -2.20. The Morgan fingerprint density at radius 2 is 1.91 bits per heavy atom. The number of aromatic nitrogens is 4. The van der Waals surface area contributed by atoms with Gasteiger partial charge < -0.3 is 14.5 Å². The van der Waals surface area contributed by atoms with Crippen molar-refractivity contribution in [3.05, 3.63) is 84.7 Å². The number of nitrogens with one attached hydrogen (secondary N) is 1. The molecule has 3 aromatic carbocycles. The molecule has 33 heavy (non-hydrogen) atoms. The second-order valence-electron chi connectivity index (χ2n) is 7.36. The van der Waals surface area contributed by atoms with E-state index in [0.29, 0.717) is 22.5 Å². The normalized spacial score (nSPS) is 11.0. The van der Waals surface area contributed by atoms with E-state index >= 15 is 0 Å². The van der Waals surface area contributed by atoms with Gasteiger partial charge in [-0.05, 0) is 55.0 Å². The van der Waals surface area contributed by atoms with Gasteiger partial charge >= 0.3 is 0 Å². The molecule has 5 aromatic rings. The Labute approximate surface area is 187 Å². The summed E-state index contributed by atoms with van der Waals surface area (Å²) in [5.74, 6) is -0.0630. The molecule has 8 nitrogen and oxygen atoms in total. The molecular formula is C24H18FN5O3. The number of hydrogen-bond donors (Lipinski definition) is 1. The van der Waals surface area contributed by atoms with Crippen LogP contribution in [0, 0.1) is 12.7 Å². The van der Waals surface area contributed by atoms with E-state index in [9.17, 15) is 9.18 Å². The first-order valence-electron chi connectivity index (χ1n) is 10.1. The van der Waals surface area contributed by atoms with Crippen LogP contribution in [0.2, 0.25) is 0 Å². The average molecular weight is 443 g/mol. The fourth-order valence-corrected chi connectivity index (χ4v) is 3.37. The SMILES string of the molecule is Cc1ccc(OCC(=O)Nc2ccc3oc(-c4ccccc4F)nc3c2)c(-n2cnnc2)c1. The molecule has 1 N–H and O–H groups in total. The first-order valence-corrected chi connectivity index (χ1v) is 10.1. The maximum absolute atomic E-state index is 14.0. The Hall–Kier alpha value is -4.53. The molecule has 0 aliphatic carbocycles. The maximum atomic E-state index is 14.0. The van der Waals surface area contributed by atoms with Crippen LogP contribution in [0.15, 0.2) is 77.7 Å². The standard InChI is InChI=1S/C24H18FN5O3/c1-15-6-8-22(20(10-15)30-13-26-27-14-30)32-12-23(31)28-16-7-9-21-19(11-16)29-24(33-21)17-4-2-3-5-18(17)25/h2-11,13-14H,12H2,1H3,(H,28,31). The number of benzene rings is 3. The summed E-state index contributed by atoms with van der Waals surface area (Å²) in [7, 11) is 0. The highest BCUT2D eigenvalue weighted by molar-refractivity contribution is 5.94. The number of amides is 1. The molecule has 0 saturated carbocycles. The highest BCUT2D eigenvalue weighted by Crippen LogP contribution is 2.28. The largest absolute Gasteiger partial charge is 0.482 e. The first-order chi connectivity index (χ1) is 16.1. The lowest BCUT2D eigenvalue weighted by atomic mass is 10.2. The second kappa shape index (κ2) is 8.54. The van der Waals surface area contributed by atoms with Crippen LogP contribution in [0.3, 0.4) is 0 Å². The van der Waals surface area contributed by atoms with Crippen LogP contribution in [0.4, 0.5) is 10.1 Å². The number of oxazole rings is 1. The average Bonchev–Trinajstić information content (AvgIpc) is 3.48. The summed E-state index contributed by atoms with van der Waals surface area (Å²) in [6.45, 7) is 1.76. The zero-order chi connectivity index (χ0) is 22.8. The number of fused-ring (bicyclic) bond motifs is 1. The van der Waals surface area contributed by atoms with E-state index in [0.717, 1.165) is 11.3 Å². The van der Waals surface area contributed by atoms with Gasteiger partial charge in [0.05, 0.1) is 11.3 Å². The predicted molar refractivity (Wildman–Crippen MR) is 120 cm³/mol. The van der Waals surface area contributed by atoms with Crippen molar-refractivity contribution in [3.63, 3.8) is 0 Å². The molecule has 1 amide bonds. The zero-order valence-electron chi connectivity index (χ0n) is 17.5. The van der Waals surface area contributed by atoms with E-state index in [1.165, 1.54) is 6.07 Å². The zero-order valence-corrected chi connectivity index (χ0v) is 17.5. The van der Waals surface area contributed by atoms with Crippen molar-refractivity contribution in [1.29, 1.82) is 0 Å². The minimum atomic E-state index is -0.420. The molecule has 0 unspecified atom stereocenters. The van der Waals surface area contributed by atoms with Crippen molar-refractivity contribution in [2.45, 2.75) is 6.92 Å². The molecular weight excluding hydrogens is 425 g/mol. The molecule has 0 aliphatic heterocycles. The highest BCUT2D eigenvalue weighted by Gasteiger charge is 2.14. The third-order valence-electron chi connectivity index (χ3n) is 4.95. The molecule has 2 heterocycles. The van der Waals surface area contributed by atoms with E-state index in [1.807, 2.05) is 19.1 Å². The summed E-state index contributed by atoms with van der Waals surface area (Å²) < 4.78 is 27.2. The van der Waals surface area contributed by atoms with Gasteiger partial charge in [0.25, 0.3) is 5.91 Å². The Bertz CT molecular complexity index is 1450. The van der Waals surface area contributed by atoms with Gasteiger partial charge in [-0.1, -0.05) is 18.2 Å². The summed E-state index contributed by atoms with van der Waals surface area (Å²) in [4.78, 5) is 16.8. The summed E-state index contributed by atoms with van der Waals surface area (Å²) >= 11 is 0. The highest BCUT2D eigenvalue weighted by atomic mass is 19.1. The number of aryl methyl sites for hydroxylation is 1. The summed E-state index contributed by atoms with van der Waals surface area (Å²) in [6, 6.07) is 16.9. The van der Waals surface area contributed by atoms with Crippen molar-refractivity contribution in [1.82, 2.24) is 19.7 Å². The molecule has 9 heteroatoms. The molecule has 0 spiro atoms. The molecule has 2 aromatic heterocycles. The van der Waals surface area contributed by atoms with Crippen LogP contribution in [-0.2, 0) is 4.79 Å². The second-order valence-corrected chi connectivity index (χ2v) is 7.36. The summed E-state index contributed by atoms with van der Waals surface area (Å²) in [5.41, 5.74) is 3.55. The van der Waals surface area contributed by atoms with E-state index in [4.69, 9.17) is 9.15 Å². The molecule has 0 atom stereocenters. The monoisotopic (exact) mass is 443 g/mol. The van der Waals surface area contributed by atoms with Gasteiger partial charge in [0.15, 0.2) is 12.2 Å². The fraction of sp³-hybridized carbons (Fsp3) is 0.0833. The van der Waals surface area contributed by atoms with Crippen molar-refractivity contribution in [2.75, 3.05) is 11.9 Å². The van der Waals surface area contributed by atoms with Crippen molar-refractivity contribution < 1.29 is 18.3 Å². The third kappa shape index (κ3) is 4.29. The lowest BCUT2D eigenvalue weighted by Gasteiger charge is -2.12. The number of halogens is 1. The van der Waals surface area contributed by atoms with Crippen LogP contribution >= 0.6 is 0 Å². The molecule has 0 radical (unpaired) electrons. The third-order valence-corrected chi connectivity index (χ3v) is 4.95. The fourth-order valence-electron chi connectivity index (χ4n) is 3.37. The van der Waals surface area contributed by atoms with Crippen LogP contribution in [0.5, 0.6) is 5.75 Å². The molecule has 5 rings (SSSR count). The molecule has 0 bridgehead atoms. The van der Waals surface area contributed by atoms with Gasteiger partial charge in [0.1, 0.15) is 29.7 Å². The van der Waals surface area contributed by atoms with Gasteiger partial charge in [-0.3, -0.25) is 9.36 Å². The van der Waals surface area contributed by atoms with Crippen molar-refractivity contribution in [2.24, 2.45) is 0 Å². The van der Waals surface area contributed by atoms with E-state index in [2.05, 4.69) is 20.5 Å². The van der Waals surface area contributed by atoms with Crippen LogP contribution in [-0.4, -0.2) is 32.3 Å². The molecule has 0 saturated heterocycles. The van der Waals surface area contributed by atoms with Gasteiger partial charge in [0.2, 0.25) is 5.89 Å². The lowest BCUT2D eigenvalue weighted by molar-refractivity contribution is -0.118. The van der Waals surface area contributed by atoms with E-state index in [1.54, 1.807) is 59.7 Å². The number of carbonyl (C=O) groups excluding carboxylic acids is 1. The quantitative estimate of drug-likeness (QED) is 0.414. The van der Waals surface area contributed by atoms with Crippen LogP contribution < -0.4 is 10.1 Å². The molecule has 0 aliphatic rings. The number of ether oxygens (including phenoxy) is 1. The first kappa shape index (κ1) is 20.4. The number of hydrogen-bond acceptors (Lipinski definition) is 6. The number of rotatable bonds is 6. The predicted octanol–water partition coefficient (Wildman–Crippen LogP) is 4.54. The maximum Gasteiger partial charge on any atom is 0.262 e. The Morgan fingerprint density at radius 1 is 1.09 bits per heavy atom. The summed E-state index contributed by atoms with van der Waals surface area (Å²) in [6.07, 6.45) is 3.12. The molecule has 0 fully saturated rings. The Kier molecular flexibility index (Phi) is 5.27. The smallest absolute Gasteiger partial charge is 0.262 e. The van der Waals surface area contributed by atoms with E-state index in [-0.39, 0.29) is 24.0 Å². The number of carbonyl (C=O) groups is 1. The van der Waals surface area contributed by atoms with Crippen LogP contribution in [0.1, 0.15) is 5.56 Å².